The van der Waals surface area contributed by atoms with Crippen molar-refractivity contribution >= 4 is 11.8 Å². The van der Waals surface area contributed by atoms with Gasteiger partial charge < -0.3 is 0 Å². The van der Waals surface area contributed by atoms with E-state index in [1.165, 1.54) is 5.56 Å². The summed E-state index contributed by atoms with van der Waals surface area (Å²) in [5.41, 5.74) is 4.45. The van der Waals surface area contributed by atoms with Gasteiger partial charge in [0, 0.05) is 11.3 Å². The zero-order valence-electron chi connectivity index (χ0n) is 10.4. The quantitative estimate of drug-likeness (QED) is 0.605. The highest BCUT2D eigenvalue weighted by molar-refractivity contribution is 7.99. The fourth-order valence-electron chi connectivity index (χ4n) is 1.61. The van der Waals surface area contributed by atoms with Gasteiger partial charge in [0.15, 0.2) is 5.16 Å². The van der Waals surface area contributed by atoms with E-state index in [1.54, 1.807) is 11.8 Å². The maximum Gasteiger partial charge on any atom is 0.188 e. The number of aryl methyl sites for hydroxylation is 2. The lowest BCUT2D eigenvalue weighted by Gasteiger charge is -2.05. The standard InChI is InChI=1S/C14H16N2S/c1-4-17-14-15-11(3)9-13(16-14)12-7-5-10(2)6-8-12/h5-9H,4H2,1-3H3. The molecule has 0 N–H and O–H groups in total. The van der Waals surface area contributed by atoms with Gasteiger partial charge in [-0.1, -0.05) is 48.5 Å². The van der Waals surface area contributed by atoms with E-state index in [4.69, 9.17) is 0 Å². The first-order valence-electron chi connectivity index (χ1n) is 5.74. The number of rotatable bonds is 3. The van der Waals surface area contributed by atoms with E-state index < -0.39 is 0 Å². The van der Waals surface area contributed by atoms with Crippen LogP contribution < -0.4 is 0 Å². The Morgan fingerprint density at radius 2 is 1.76 bits per heavy atom. The summed E-state index contributed by atoms with van der Waals surface area (Å²) in [6.07, 6.45) is 0. The minimum absolute atomic E-state index is 0.864. The Morgan fingerprint density at radius 1 is 1.06 bits per heavy atom. The molecular formula is C14H16N2S. The first-order valence-corrected chi connectivity index (χ1v) is 6.73. The molecule has 0 unspecified atom stereocenters. The van der Waals surface area contributed by atoms with Gasteiger partial charge in [-0.2, -0.15) is 0 Å². The predicted molar refractivity (Wildman–Crippen MR) is 73.3 cm³/mol. The normalized spacial score (nSPS) is 10.5. The molecule has 0 aliphatic carbocycles. The average molecular weight is 244 g/mol. The molecule has 17 heavy (non-hydrogen) atoms. The van der Waals surface area contributed by atoms with E-state index in [1.807, 2.05) is 13.0 Å². The smallest absolute Gasteiger partial charge is 0.188 e. The molecule has 0 bridgehead atoms. The van der Waals surface area contributed by atoms with E-state index in [9.17, 15) is 0 Å². The van der Waals surface area contributed by atoms with Gasteiger partial charge >= 0.3 is 0 Å². The third kappa shape index (κ3) is 3.07. The molecule has 0 saturated carbocycles. The molecule has 1 aromatic heterocycles. The topological polar surface area (TPSA) is 25.8 Å². The molecule has 0 saturated heterocycles. The van der Waals surface area contributed by atoms with Crippen LogP contribution in [0.5, 0.6) is 0 Å². The van der Waals surface area contributed by atoms with Crippen molar-refractivity contribution in [1.82, 2.24) is 9.97 Å². The monoisotopic (exact) mass is 244 g/mol. The lowest BCUT2D eigenvalue weighted by Crippen LogP contribution is -1.93. The maximum absolute atomic E-state index is 4.58. The summed E-state index contributed by atoms with van der Waals surface area (Å²) >= 11 is 1.68. The highest BCUT2D eigenvalue weighted by atomic mass is 32.2. The van der Waals surface area contributed by atoms with Gasteiger partial charge in [0.25, 0.3) is 0 Å². The minimum atomic E-state index is 0.864. The number of aromatic nitrogens is 2. The zero-order chi connectivity index (χ0) is 12.3. The highest BCUT2D eigenvalue weighted by Crippen LogP contribution is 2.21. The van der Waals surface area contributed by atoms with Crippen molar-refractivity contribution < 1.29 is 0 Å². The van der Waals surface area contributed by atoms with Crippen LogP contribution in [0.1, 0.15) is 18.2 Å². The van der Waals surface area contributed by atoms with E-state index in [0.717, 1.165) is 27.9 Å². The van der Waals surface area contributed by atoms with Gasteiger partial charge in [-0.15, -0.1) is 0 Å². The summed E-state index contributed by atoms with van der Waals surface area (Å²) in [4.78, 5) is 8.99. The van der Waals surface area contributed by atoms with Crippen LogP contribution in [-0.2, 0) is 0 Å². The summed E-state index contributed by atoms with van der Waals surface area (Å²) in [5, 5.41) is 0.864. The Balaban J connectivity index is 2.40. The molecule has 1 aromatic carbocycles. The summed E-state index contributed by atoms with van der Waals surface area (Å²) in [5.74, 6) is 0.997. The SMILES string of the molecule is CCSc1nc(C)cc(-c2ccc(C)cc2)n1. The third-order valence-corrected chi connectivity index (χ3v) is 3.18. The lowest BCUT2D eigenvalue weighted by atomic mass is 10.1. The van der Waals surface area contributed by atoms with Crippen molar-refractivity contribution in [3.8, 4) is 11.3 Å². The molecule has 3 heteroatoms. The van der Waals surface area contributed by atoms with Crippen LogP contribution in [0.25, 0.3) is 11.3 Å². The van der Waals surface area contributed by atoms with Gasteiger partial charge in [-0.3, -0.25) is 0 Å². The second kappa shape index (κ2) is 5.32. The fraction of sp³-hybridized carbons (Fsp3) is 0.286. The third-order valence-electron chi connectivity index (χ3n) is 2.45. The second-order valence-electron chi connectivity index (χ2n) is 3.98. The summed E-state index contributed by atoms with van der Waals surface area (Å²) < 4.78 is 0. The summed E-state index contributed by atoms with van der Waals surface area (Å²) in [6, 6.07) is 10.5. The molecule has 2 aromatic rings. The molecule has 0 aliphatic heterocycles. The number of nitrogens with zero attached hydrogens (tertiary/aromatic N) is 2. The van der Waals surface area contributed by atoms with Crippen molar-refractivity contribution in [1.29, 1.82) is 0 Å². The Morgan fingerprint density at radius 3 is 2.41 bits per heavy atom. The van der Waals surface area contributed by atoms with Crippen molar-refractivity contribution in [3.63, 3.8) is 0 Å². The fourth-order valence-corrected chi connectivity index (χ4v) is 2.24. The van der Waals surface area contributed by atoms with Crippen LogP contribution >= 0.6 is 11.8 Å². The van der Waals surface area contributed by atoms with Crippen LogP contribution in [0.4, 0.5) is 0 Å². The number of hydrogen-bond donors (Lipinski definition) is 0. The van der Waals surface area contributed by atoms with E-state index in [0.29, 0.717) is 0 Å². The average Bonchev–Trinajstić information content (AvgIpc) is 2.29. The molecule has 0 atom stereocenters. The predicted octanol–water partition coefficient (Wildman–Crippen LogP) is 3.87. The molecule has 2 nitrogen and oxygen atoms in total. The highest BCUT2D eigenvalue weighted by Gasteiger charge is 2.04. The Kier molecular flexibility index (Phi) is 3.79. The van der Waals surface area contributed by atoms with Gasteiger partial charge in [0.2, 0.25) is 0 Å². The summed E-state index contributed by atoms with van der Waals surface area (Å²) in [7, 11) is 0. The van der Waals surface area contributed by atoms with Gasteiger partial charge in [0.05, 0.1) is 5.69 Å². The Hall–Kier alpha value is -1.35. The molecule has 0 spiro atoms. The van der Waals surface area contributed by atoms with E-state index in [-0.39, 0.29) is 0 Å². The molecule has 0 fully saturated rings. The van der Waals surface area contributed by atoms with E-state index in [2.05, 4.69) is 48.1 Å². The number of thioether (sulfide) groups is 1. The molecule has 1 heterocycles. The van der Waals surface area contributed by atoms with Crippen LogP contribution in [0.2, 0.25) is 0 Å². The van der Waals surface area contributed by atoms with Crippen LogP contribution in [0.3, 0.4) is 0 Å². The molecule has 0 aliphatic rings. The number of hydrogen-bond acceptors (Lipinski definition) is 3. The maximum atomic E-state index is 4.58. The molecule has 88 valence electrons. The Labute approximate surface area is 107 Å². The lowest BCUT2D eigenvalue weighted by molar-refractivity contribution is 0.938. The molecular weight excluding hydrogens is 228 g/mol. The second-order valence-corrected chi connectivity index (χ2v) is 5.21. The van der Waals surface area contributed by atoms with Crippen LogP contribution in [0, 0.1) is 13.8 Å². The van der Waals surface area contributed by atoms with Gasteiger partial charge in [-0.05, 0) is 25.7 Å². The minimum Gasteiger partial charge on any atom is -0.228 e. The Bertz CT molecular complexity index is 506. The van der Waals surface area contributed by atoms with Gasteiger partial charge in [0.1, 0.15) is 0 Å². The summed E-state index contributed by atoms with van der Waals surface area (Å²) in [6.45, 7) is 6.22. The first kappa shape index (κ1) is 12.1. The van der Waals surface area contributed by atoms with E-state index >= 15 is 0 Å². The van der Waals surface area contributed by atoms with Gasteiger partial charge in [-0.25, -0.2) is 9.97 Å². The first-order chi connectivity index (χ1) is 8.19. The molecule has 2 rings (SSSR count). The zero-order valence-corrected chi connectivity index (χ0v) is 11.2. The number of benzene rings is 1. The van der Waals surface area contributed by atoms with Crippen molar-refractivity contribution in [2.75, 3.05) is 5.75 Å². The van der Waals surface area contributed by atoms with Crippen molar-refractivity contribution in [3.05, 3.63) is 41.6 Å². The van der Waals surface area contributed by atoms with Crippen molar-refractivity contribution in [2.45, 2.75) is 25.9 Å². The molecule has 0 amide bonds. The molecule has 0 radical (unpaired) electrons. The largest absolute Gasteiger partial charge is 0.228 e. The van der Waals surface area contributed by atoms with Crippen LogP contribution in [-0.4, -0.2) is 15.7 Å². The van der Waals surface area contributed by atoms with Crippen molar-refractivity contribution in [2.24, 2.45) is 0 Å². The van der Waals surface area contributed by atoms with Crippen LogP contribution in [0.15, 0.2) is 35.5 Å².